The van der Waals surface area contributed by atoms with Crippen LogP contribution in [0.3, 0.4) is 0 Å². The third kappa shape index (κ3) is 4.91. The van der Waals surface area contributed by atoms with E-state index < -0.39 is 0 Å². The number of nitrogens with zero attached hydrogens (tertiary/aromatic N) is 1. The molecule has 0 N–H and O–H groups in total. The molecule has 0 aliphatic carbocycles. The van der Waals surface area contributed by atoms with E-state index >= 15 is 0 Å². The van der Waals surface area contributed by atoms with Gasteiger partial charge in [-0.25, -0.2) is 0 Å². The van der Waals surface area contributed by atoms with Crippen LogP contribution in [0.1, 0.15) is 32.6 Å². The molecule has 2 heteroatoms. The molecule has 0 spiro atoms. The van der Waals surface area contributed by atoms with E-state index in [2.05, 4.69) is 35.6 Å². The van der Waals surface area contributed by atoms with Gasteiger partial charge in [-0.1, -0.05) is 0 Å². The Kier molecular flexibility index (Phi) is 5.87. The Labute approximate surface area is 91.8 Å². The number of hydrogen-bond acceptors (Lipinski definition) is 1. The Morgan fingerprint density at radius 1 is 1.23 bits per heavy atom. The van der Waals surface area contributed by atoms with E-state index in [0.717, 1.165) is 0 Å². The molecule has 0 aromatic carbocycles. The van der Waals surface area contributed by atoms with Crippen LogP contribution in [-0.2, 0) is 0 Å². The summed E-state index contributed by atoms with van der Waals surface area (Å²) in [6, 6.07) is 0. The maximum atomic E-state index is 2.59. The fourth-order valence-electron chi connectivity index (χ4n) is 1.75. The third-order valence-electron chi connectivity index (χ3n) is 2.95. The molecular weight excluding hydrogens is 153 g/mol. The molecule has 1 nitrogen and oxygen atoms in total. The molecule has 0 radical (unpaired) electrons. The minimum absolute atomic E-state index is 1.18. The molecule has 1 aliphatic rings. The number of likely N-dealkylation sites (tertiary alicyclic amines) is 1. The zero-order chi connectivity index (χ0) is 9.52. The molecule has 0 bridgehead atoms. The molecule has 0 aromatic heterocycles. The molecule has 0 amide bonds. The summed E-state index contributed by atoms with van der Waals surface area (Å²) in [7, 11) is 0. The van der Waals surface area contributed by atoms with Crippen molar-refractivity contribution >= 4 is 17.7 Å². The van der Waals surface area contributed by atoms with Crippen molar-refractivity contribution in [1.82, 2.24) is 4.90 Å². The summed E-state index contributed by atoms with van der Waals surface area (Å²) in [4.78, 5) is 2.59. The summed E-state index contributed by atoms with van der Waals surface area (Å²) < 4.78 is 0. The van der Waals surface area contributed by atoms with E-state index in [9.17, 15) is 0 Å². The van der Waals surface area contributed by atoms with Gasteiger partial charge in [0.25, 0.3) is 0 Å². The Hall–Kier alpha value is 0.297. The molecule has 0 saturated carbocycles. The van der Waals surface area contributed by atoms with Gasteiger partial charge in [0.2, 0.25) is 0 Å². The van der Waals surface area contributed by atoms with Gasteiger partial charge >= 0.3 is 91.6 Å². The fourth-order valence-corrected chi connectivity index (χ4v) is 1.75. The summed E-state index contributed by atoms with van der Waals surface area (Å²) in [5.41, 5.74) is 1.53. The second-order valence-electron chi connectivity index (χ2n) is 4.12. The van der Waals surface area contributed by atoms with E-state index in [1.807, 2.05) is 0 Å². The van der Waals surface area contributed by atoms with E-state index in [1.54, 1.807) is 0 Å². The molecule has 70 valence electrons. The predicted octanol–water partition coefficient (Wildman–Crippen LogP) is 2.40. The van der Waals surface area contributed by atoms with Crippen LogP contribution in [0.25, 0.3) is 0 Å². The molecule has 0 unspecified atom stereocenters. The van der Waals surface area contributed by atoms with Gasteiger partial charge in [-0.3, -0.25) is 0 Å². The van der Waals surface area contributed by atoms with E-state index in [1.165, 1.54) is 56.0 Å². The first-order valence-corrected chi connectivity index (χ1v) is 5.71. The average molecular weight is 173 g/mol. The van der Waals surface area contributed by atoms with E-state index in [0.29, 0.717) is 0 Å². The number of hydrogen-bond donors (Lipinski definition) is 0. The van der Waals surface area contributed by atoms with Gasteiger partial charge in [-0.15, -0.1) is 0 Å². The van der Waals surface area contributed by atoms with Gasteiger partial charge in [0.1, 0.15) is 0 Å². The first-order valence-electron chi connectivity index (χ1n) is 5.71. The molecule has 0 aromatic rings. The fraction of sp³-hybridized carbons (Fsp3) is 0.818. The van der Waals surface area contributed by atoms with Crippen LogP contribution < -0.4 is 0 Å². The van der Waals surface area contributed by atoms with Gasteiger partial charge in [0, 0.05) is 0 Å². The van der Waals surface area contributed by atoms with Crippen molar-refractivity contribution < 1.29 is 0 Å². The second kappa shape index (κ2) is 6.71. The van der Waals surface area contributed by atoms with Crippen LogP contribution in [0.2, 0.25) is 5.09 Å². The topological polar surface area (TPSA) is 3.24 Å². The molecule has 1 fully saturated rings. The first kappa shape index (κ1) is 11.4. The van der Waals surface area contributed by atoms with Gasteiger partial charge < -0.3 is 0 Å². The summed E-state index contributed by atoms with van der Waals surface area (Å²) in [5, 5.41) is 1.20. The van der Waals surface area contributed by atoms with E-state index in [4.69, 9.17) is 0 Å². The van der Waals surface area contributed by atoms with E-state index in [-0.39, 0.29) is 0 Å². The SMILES string of the molecule is [Li][CH2]C(C)=CCN1CCCCCC1. The molecule has 1 saturated heterocycles. The summed E-state index contributed by atoms with van der Waals surface area (Å²) >= 11 is 2.23. The van der Waals surface area contributed by atoms with Crippen LogP contribution in [0.15, 0.2) is 11.6 Å². The van der Waals surface area contributed by atoms with Crippen molar-refractivity contribution in [3.05, 3.63) is 11.6 Å². The van der Waals surface area contributed by atoms with Gasteiger partial charge in [-0.2, -0.15) is 0 Å². The van der Waals surface area contributed by atoms with Gasteiger partial charge in [-0.05, 0) is 0 Å². The normalized spacial score (nSPS) is 21.6. The Morgan fingerprint density at radius 3 is 2.38 bits per heavy atom. The van der Waals surface area contributed by atoms with Crippen molar-refractivity contribution in [2.45, 2.75) is 37.7 Å². The monoisotopic (exact) mass is 173 g/mol. The van der Waals surface area contributed by atoms with Crippen LogP contribution >= 0.6 is 0 Å². The van der Waals surface area contributed by atoms with Crippen LogP contribution in [0.5, 0.6) is 0 Å². The number of allylic oxidation sites excluding steroid dienone is 1. The Morgan fingerprint density at radius 2 is 1.85 bits per heavy atom. The van der Waals surface area contributed by atoms with Crippen molar-refractivity contribution in [3.63, 3.8) is 0 Å². The van der Waals surface area contributed by atoms with Crippen LogP contribution in [0.4, 0.5) is 0 Å². The van der Waals surface area contributed by atoms with Crippen LogP contribution in [-0.4, -0.2) is 42.2 Å². The Bertz CT molecular complexity index is 157. The standard InChI is InChI=1S/C11H20N.Li/c1-11(2)7-10-12-8-5-3-4-6-9-12;/h7H,1,3-6,8-10H2,2H3;. The maximum absolute atomic E-state index is 2.59. The summed E-state index contributed by atoms with van der Waals surface area (Å²) in [6.07, 6.45) is 8.07. The first-order chi connectivity index (χ1) is 6.33. The quantitative estimate of drug-likeness (QED) is 0.468. The Balaban J connectivity index is 2.26. The van der Waals surface area contributed by atoms with Crippen molar-refractivity contribution in [3.8, 4) is 0 Å². The van der Waals surface area contributed by atoms with Gasteiger partial charge in [0.15, 0.2) is 0 Å². The molecule has 1 heterocycles. The zero-order valence-corrected chi connectivity index (χ0v) is 9.18. The molecule has 0 atom stereocenters. The van der Waals surface area contributed by atoms with Crippen molar-refractivity contribution in [2.24, 2.45) is 0 Å². The van der Waals surface area contributed by atoms with Gasteiger partial charge in [0.05, 0.1) is 0 Å². The molecule has 1 aliphatic heterocycles. The van der Waals surface area contributed by atoms with Crippen molar-refractivity contribution in [1.29, 1.82) is 0 Å². The average Bonchev–Trinajstić information content (AvgIpc) is 2.42. The molecular formula is C11H20LiN. The second-order valence-corrected chi connectivity index (χ2v) is 4.12. The molecule has 1 rings (SSSR count). The predicted molar refractivity (Wildman–Crippen MR) is 59.2 cm³/mol. The summed E-state index contributed by atoms with van der Waals surface area (Å²) in [5.74, 6) is 0. The van der Waals surface area contributed by atoms with Crippen molar-refractivity contribution in [2.75, 3.05) is 19.6 Å². The minimum atomic E-state index is 1.18. The zero-order valence-electron chi connectivity index (χ0n) is 9.18. The third-order valence-corrected chi connectivity index (χ3v) is 2.95. The molecule has 13 heavy (non-hydrogen) atoms. The van der Waals surface area contributed by atoms with Crippen LogP contribution in [0, 0.1) is 0 Å². The summed E-state index contributed by atoms with van der Waals surface area (Å²) in [6.45, 7) is 6.04. The number of rotatable bonds is 3.